The zero-order chi connectivity index (χ0) is 15.3. The lowest BCUT2D eigenvalue weighted by atomic mass is 10.1. The fourth-order valence-corrected chi connectivity index (χ4v) is 3.03. The van der Waals surface area contributed by atoms with Crippen LogP contribution in [0, 0.1) is 13.8 Å². The minimum Gasteiger partial charge on any atom is -0.423 e. The van der Waals surface area contributed by atoms with Crippen molar-refractivity contribution in [3.63, 3.8) is 0 Å². The highest BCUT2D eigenvalue weighted by atomic mass is 16.4. The summed E-state index contributed by atoms with van der Waals surface area (Å²) < 4.78 is 5.94. The molecule has 0 radical (unpaired) electrons. The lowest BCUT2D eigenvalue weighted by Crippen LogP contribution is -2.35. The van der Waals surface area contributed by atoms with Gasteiger partial charge in [-0.15, -0.1) is 0 Å². The first-order valence-corrected chi connectivity index (χ1v) is 7.30. The highest BCUT2D eigenvalue weighted by Crippen LogP contribution is 2.28. The minimum absolute atomic E-state index is 0.0475. The number of benzene rings is 1. The molecule has 1 N–H and O–H groups in total. The van der Waals surface area contributed by atoms with Gasteiger partial charge in [-0.05, 0) is 37.5 Å². The highest BCUT2D eigenvalue weighted by Gasteiger charge is 2.23. The Hall–Kier alpha value is -2.63. The summed E-state index contributed by atoms with van der Waals surface area (Å²) in [5, 5.41) is 0. The van der Waals surface area contributed by atoms with E-state index in [9.17, 15) is 4.79 Å². The van der Waals surface area contributed by atoms with E-state index < -0.39 is 0 Å². The van der Waals surface area contributed by atoms with Gasteiger partial charge in [0.2, 0.25) is 0 Å². The van der Waals surface area contributed by atoms with E-state index in [2.05, 4.69) is 21.0 Å². The number of fused-ring (bicyclic) bond motifs is 2. The number of nitrogens with one attached hydrogen (secondary N) is 1. The number of nitrogens with zero attached hydrogens (tertiary/aromatic N) is 3. The standard InChI is InChI=1S/C16H16N4O2/c1-9-5-10(2)14-12(6-9)19-16(22-14)20-4-3-11-13(7-20)17-8-18-15(11)21/h5-6,8H,3-4,7H2,1-2H3,(H,17,18,21). The molecule has 0 amide bonds. The second-order valence-electron chi connectivity index (χ2n) is 5.75. The molecule has 22 heavy (non-hydrogen) atoms. The summed E-state index contributed by atoms with van der Waals surface area (Å²) in [5.41, 5.74) is 5.46. The molecule has 3 aromatic rings. The highest BCUT2D eigenvalue weighted by molar-refractivity contribution is 5.78. The Kier molecular flexibility index (Phi) is 2.79. The van der Waals surface area contributed by atoms with Gasteiger partial charge in [0.25, 0.3) is 11.6 Å². The van der Waals surface area contributed by atoms with Crippen LogP contribution in [-0.4, -0.2) is 21.5 Å². The zero-order valence-corrected chi connectivity index (χ0v) is 12.5. The number of rotatable bonds is 1. The number of aryl methyl sites for hydroxylation is 2. The first-order valence-electron chi connectivity index (χ1n) is 7.30. The van der Waals surface area contributed by atoms with Crippen LogP contribution in [0.15, 0.2) is 27.7 Å². The number of hydrogen-bond acceptors (Lipinski definition) is 5. The maximum absolute atomic E-state index is 11.8. The molecule has 0 bridgehead atoms. The molecule has 6 nitrogen and oxygen atoms in total. The summed E-state index contributed by atoms with van der Waals surface area (Å²) in [7, 11) is 0. The second-order valence-corrected chi connectivity index (χ2v) is 5.75. The molecule has 1 aromatic carbocycles. The van der Waals surface area contributed by atoms with Crippen molar-refractivity contribution in [1.82, 2.24) is 15.0 Å². The third kappa shape index (κ3) is 1.99. The first kappa shape index (κ1) is 13.1. The van der Waals surface area contributed by atoms with E-state index >= 15 is 0 Å². The quantitative estimate of drug-likeness (QED) is 0.744. The topological polar surface area (TPSA) is 75.0 Å². The van der Waals surface area contributed by atoms with Gasteiger partial charge in [-0.1, -0.05) is 6.07 Å². The maximum Gasteiger partial charge on any atom is 0.298 e. The average molecular weight is 296 g/mol. The van der Waals surface area contributed by atoms with E-state index in [-0.39, 0.29) is 5.56 Å². The fraction of sp³-hybridized carbons (Fsp3) is 0.312. The van der Waals surface area contributed by atoms with E-state index in [0.29, 0.717) is 25.5 Å². The van der Waals surface area contributed by atoms with E-state index in [0.717, 1.165) is 27.9 Å². The molecule has 1 aliphatic rings. The van der Waals surface area contributed by atoms with Gasteiger partial charge in [-0.3, -0.25) is 4.79 Å². The Morgan fingerprint density at radius 1 is 1.32 bits per heavy atom. The summed E-state index contributed by atoms with van der Waals surface area (Å²) in [6.45, 7) is 5.32. The number of anilines is 1. The average Bonchev–Trinajstić information content (AvgIpc) is 2.91. The Bertz CT molecular complexity index is 926. The van der Waals surface area contributed by atoms with Gasteiger partial charge in [0.15, 0.2) is 5.58 Å². The van der Waals surface area contributed by atoms with Gasteiger partial charge < -0.3 is 14.3 Å². The molecule has 0 saturated heterocycles. The fourth-order valence-electron chi connectivity index (χ4n) is 3.03. The predicted octanol–water partition coefficient (Wildman–Crippen LogP) is 2.09. The molecular weight excluding hydrogens is 280 g/mol. The van der Waals surface area contributed by atoms with Gasteiger partial charge in [-0.2, -0.15) is 4.98 Å². The molecule has 0 spiro atoms. The smallest absolute Gasteiger partial charge is 0.298 e. The molecule has 2 aromatic heterocycles. The largest absolute Gasteiger partial charge is 0.423 e. The van der Waals surface area contributed by atoms with Crippen LogP contribution in [0.2, 0.25) is 0 Å². The van der Waals surface area contributed by atoms with Gasteiger partial charge in [0.05, 0.1) is 18.6 Å². The second kappa shape index (κ2) is 4.69. The lowest BCUT2D eigenvalue weighted by molar-refractivity contribution is 0.547. The van der Waals surface area contributed by atoms with E-state index in [1.165, 1.54) is 11.9 Å². The molecular formula is C16H16N4O2. The number of H-pyrrole nitrogens is 1. The van der Waals surface area contributed by atoms with Crippen LogP contribution in [0.5, 0.6) is 0 Å². The molecule has 4 rings (SSSR count). The maximum atomic E-state index is 11.8. The van der Waals surface area contributed by atoms with Crippen LogP contribution in [-0.2, 0) is 13.0 Å². The molecule has 1 aliphatic heterocycles. The van der Waals surface area contributed by atoms with Gasteiger partial charge in [0.1, 0.15) is 5.52 Å². The predicted molar refractivity (Wildman–Crippen MR) is 83.1 cm³/mol. The van der Waals surface area contributed by atoms with E-state index in [1.807, 2.05) is 24.8 Å². The Morgan fingerprint density at radius 2 is 2.18 bits per heavy atom. The summed E-state index contributed by atoms with van der Waals surface area (Å²) in [5.74, 6) is 0. The normalized spacial score (nSPS) is 14.4. The van der Waals surface area contributed by atoms with E-state index in [4.69, 9.17) is 4.42 Å². The van der Waals surface area contributed by atoms with Crippen LogP contribution in [0.4, 0.5) is 6.01 Å². The third-order valence-electron chi connectivity index (χ3n) is 4.09. The van der Waals surface area contributed by atoms with Crippen LogP contribution in [0.25, 0.3) is 11.1 Å². The molecule has 112 valence electrons. The van der Waals surface area contributed by atoms with Crippen molar-refractivity contribution in [2.45, 2.75) is 26.8 Å². The molecule has 0 aliphatic carbocycles. The SMILES string of the molecule is Cc1cc(C)c2oc(N3CCc4c(nc[nH]c4=O)C3)nc2c1. The van der Waals surface area contributed by atoms with Gasteiger partial charge >= 0.3 is 0 Å². The van der Waals surface area contributed by atoms with Crippen molar-refractivity contribution in [2.75, 3.05) is 11.4 Å². The third-order valence-corrected chi connectivity index (χ3v) is 4.09. The van der Waals surface area contributed by atoms with Crippen molar-refractivity contribution >= 4 is 17.1 Å². The Balaban J connectivity index is 1.74. The monoisotopic (exact) mass is 296 g/mol. The van der Waals surface area contributed by atoms with Crippen LogP contribution in [0.1, 0.15) is 22.4 Å². The summed E-state index contributed by atoms with van der Waals surface area (Å²) in [6, 6.07) is 4.71. The lowest BCUT2D eigenvalue weighted by Gasteiger charge is -2.25. The van der Waals surface area contributed by atoms with Gasteiger partial charge in [0, 0.05) is 12.1 Å². The van der Waals surface area contributed by atoms with Crippen LogP contribution < -0.4 is 10.5 Å². The molecule has 3 heterocycles. The van der Waals surface area contributed by atoms with E-state index in [1.54, 1.807) is 0 Å². The van der Waals surface area contributed by atoms with Crippen molar-refractivity contribution in [3.05, 3.63) is 51.2 Å². The number of aromatic nitrogens is 3. The molecule has 0 atom stereocenters. The number of hydrogen-bond donors (Lipinski definition) is 1. The number of oxazole rings is 1. The van der Waals surface area contributed by atoms with Crippen molar-refractivity contribution < 1.29 is 4.42 Å². The van der Waals surface area contributed by atoms with Gasteiger partial charge in [-0.25, -0.2) is 4.98 Å². The molecule has 0 fully saturated rings. The Morgan fingerprint density at radius 3 is 3.05 bits per heavy atom. The summed E-state index contributed by atoms with van der Waals surface area (Å²) >= 11 is 0. The zero-order valence-electron chi connectivity index (χ0n) is 12.5. The van der Waals surface area contributed by atoms with Crippen LogP contribution >= 0.6 is 0 Å². The molecule has 0 unspecified atom stereocenters. The molecule has 6 heteroatoms. The number of aromatic amines is 1. The first-order chi connectivity index (χ1) is 10.6. The van der Waals surface area contributed by atoms with Crippen molar-refractivity contribution in [3.8, 4) is 0 Å². The van der Waals surface area contributed by atoms with Crippen LogP contribution in [0.3, 0.4) is 0 Å². The Labute approximate surface area is 126 Å². The minimum atomic E-state index is -0.0475. The molecule has 0 saturated carbocycles. The van der Waals surface area contributed by atoms with Crippen molar-refractivity contribution in [1.29, 1.82) is 0 Å². The van der Waals surface area contributed by atoms with Crippen molar-refractivity contribution in [2.24, 2.45) is 0 Å². The summed E-state index contributed by atoms with van der Waals surface area (Å²) in [6.07, 6.45) is 2.10. The summed E-state index contributed by atoms with van der Waals surface area (Å²) in [4.78, 5) is 25.3.